The molecule has 1 aliphatic heterocycles. The molecule has 1 aromatic rings. The topological polar surface area (TPSA) is 52.7 Å². The zero-order valence-corrected chi connectivity index (χ0v) is 13.6. The smallest absolute Gasteiger partial charge is 0.378 e. The van der Waals surface area contributed by atoms with Gasteiger partial charge in [-0.15, -0.1) is 0 Å². The molecule has 2 amide bonds. The first-order valence-electron chi connectivity index (χ1n) is 7.54. The molecule has 0 aliphatic carbocycles. The van der Waals surface area contributed by atoms with Gasteiger partial charge in [0.25, 0.3) is 0 Å². The quantitative estimate of drug-likeness (QED) is 0.887. The number of benzene rings is 1. The van der Waals surface area contributed by atoms with Crippen molar-refractivity contribution < 1.29 is 22.8 Å². The van der Waals surface area contributed by atoms with Gasteiger partial charge in [-0.1, -0.05) is 12.1 Å². The first-order chi connectivity index (χ1) is 11.2. The number of hydrogen-bond donors (Lipinski definition) is 1. The van der Waals surface area contributed by atoms with E-state index in [0.29, 0.717) is 4.90 Å². The maximum Gasteiger partial charge on any atom is 0.406 e. The fourth-order valence-corrected chi connectivity index (χ4v) is 2.60. The fraction of sp³-hybridized carbons (Fsp3) is 0.500. The average Bonchev–Trinajstić information content (AvgIpc) is 2.84. The van der Waals surface area contributed by atoms with Gasteiger partial charge < -0.3 is 15.1 Å². The number of rotatable bonds is 5. The molecule has 1 N–H and O–H groups in total. The summed E-state index contributed by atoms with van der Waals surface area (Å²) in [5, 5.41) is 2.69. The Morgan fingerprint density at radius 1 is 1.38 bits per heavy atom. The molecule has 0 radical (unpaired) electrons. The highest BCUT2D eigenvalue weighted by atomic mass is 19.4. The van der Waals surface area contributed by atoms with Crippen molar-refractivity contribution in [2.24, 2.45) is 5.92 Å². The van der Waals surface area contributed by atoms with E-state index in [1.165, 1.54) is 0 Å². The summed E-state index contributed by atoms with van der Waals surface area (Å²) in [7, 11) is 3.80. The number of anilines is 1. The lowest BCUT2D eigenvalue weighted by Gasteiger charge is -2.18. The second-order valence-electron chi connectivity index (χ2n) is 6.07. The molecule has 2 rings (SSSR count). The molecular weight excluding hydrogens is 323 g/mol. The molecular formula is C16H20F3N3O2. The van der Waals surface area contributed by atoms with Crippen molar-refractivity contribution in [2.45, 2.75) is 19.1 Å². The summed E-state index contributed by atoms with van der Waals surface area (Å²) in [5.74, 6) is -1.78. The van der Waals surface area contributed by atoms with Gasteiger partial charge >= 0.3 is 6.18 Å². The van der Waals surface area contributed by atoms with Gasteiger partial charge in [-0.05, 0) is 17.7 Å². The predicted molar refractivity (Wildman–Crippen MR) is 83.4 cm³/mol. The zero-order valence-electron chi connectivity index (χ0n) is 13.6. The van der Waals surface area contributed by atoms with Crippen LogP contribution in [0.3, 0.4) is 0 Å². The van der Waals surface area contributed by atoms with Gasteiger partial charge in [0, 0.05) is 39.3 Å². The Bertz CT molecular complexity index is 617. The van der Waals surface area contributed by atoms with E-state index >= 15 is 0 Å². The number of nitrogens with one attached hydrogen (secondary N) is 1. The Labute approximate surface area is 138 Å². The molecule has 1 heterocycles. The van der Waals surface area contributed by atoms with Crippen molar-refractivity contribution in [3.63, 3.8) is 0 Å². The van der Waals surface area contributed by atoms with E-state index in [9.17, 15) is 22.8 Å². The minimum atomic E-state index is -4.45. The van der Waals surface area contributed by atoms with Gasteiger partial charge in [0.15, 0.2) is 0 Å². The van der Waals surface area contributed by atoms with Crippen LogP contribution in [0, 0.1) is 5.92 Å². The molecule has 1 saturated heterocycles. The van der Waals surface area contributed by atoms with Crippen LogP contribution in [0.4, 0.5) is 18.9 Å². The third-order valence-corrected chi connectivity index (χ3v) is 3.85. The number of alkyl halides is 3. The second-order valence-corrected chi connectivity index (χ2v) is 6.07. The van der Waals surface area contributed by atoms with E-state index in [2.05, 4.69) is 5.32 Å². The zero-order chi connectivity index (χ0) is 17.9. The average molecular weight is 343 g/mol. The second kappa shape index (κ2) is 7.11. The molecule has 1 aromatic carbocycles. The lowest BCUT2D eigenvalue weighted by atomic mass is 10.1. The minimum Gasteiger partial charge on any atom is -0.378 e. The Balaban J connectivity index is 1.89. The van der Waals surface area contributed by atoms with Gasteiger partial charge in [0.2, 0.25) is 11.8 Å². The van der Waals surface area contributed by atoms with E-state index in [4.69, 9.17) is 0 Å². The summed E-state index contributed by atoms with van der Waals surface area (Å²) < 4.78 is 37.1. The highest BCUT2D eigenvalue weighted by Gasteiger charge is 2.40. The maximum atomic E-state index is 12.4. The van der Waals surface area contributed by atoms with Crippen molar-refractivity contribution in [2.75, 3.05) is 32.1 Å². The first kappa shape index (κ1) is 18.1. The van der Waals surface area contributed by atoms with Crippen LogP contribution in [0.5, 0.6) is 0 Å². The molecule has 1 atom stereocenters. The standard InChI is InChI=1S/C16H20F3N3O2/c1-21(2)13-5-3-4-11(6-13)8-20-15(24)12-7-14(23)22(9-12)10-16(17,18)19/h3-6,12H,7-10H2,1-2H3,(H,20,24)/t12-/m1/s1. The number of likely N-dealkylation sites (tertiary alicyclic amines) is 1. The summed E-state index contributed by atoms with van der Waals surface area (Å²) in [6, 6.07) is 7.55. The van der Waals surface area contributed by atoms with Crippen LogP contribution < -0.4 is 10.2 Å². The number of nitrogens with zero attached hydrogens (tertiary/aromatic N) is 2. The molecule has 0 bridgehead atoms. The Hall–Kier alpha value is -2.25. The minimum absolute atomic E-state index is 0.181. The van der Waals surface area contributed by atoms with Crippen LogP contribution in [0.25, 0.3) is 0 Å². The highest BCUT2D eigenvalue weighted by Crippen LogP contribution is 2.24. The first-order valence-corrected chi connectivity index (χ1v) is 7.54. The number of carbonyl (C=O) groups excluding carboxylic acids is 2. The summed E-state index contributed by atoms with van der Waals surface area (Å²) >= 11 is 0. The van der Waals surface area contributed by atoms with Crippen molar-refractivity contribution in [1.82, 2.24) is 10.2 Å². The summed E-state index contributed by atoms with van der Waals surface area (Å²) in [5.41, 5.74) is 1.86. The van der Waals surface area contributed by atoms with E-state index in [1.807, 2.05) is 43.3 Å². The van der Waals surface area contributed by atoms with Crippen molar-refractivity contribution in [1.29, 1.82) is 0 Å². The molecule has 8 heteroatoms. The van der Waals surface area contributed by atoms with Gasteiger partial charge in [0.05, 0.1) is 5.92 Å². The molecule has 24 heavy (non-hydrogen) atoms. The fourth-order valence-electron chi connectivity index (χ4n) is 2.60. The summed E-state index contributed by atoms with van der Waals surface area (Å²) in [6.07, 6.45) is -4.63. The van der Waals surface area contributed by atoms with Gasteiger partial charge in [-0.25, -0.2) is 0 Å². The Morgan fingerprint density at radius 2 is 2.08 bits per heavy atom. The van der Waals surface area contributed by atoms with Crippen LogP contribution in [-0.4, -0.2) is 50.1 Å². The lowest BCUT2D eigenvalue weighted by Crippen LogP contribution is -2.37. The SMILES string of the molecule is CN(C)c1cccc(CNC(=O)[C@@H]2CC(=O)N(CC(F)(F)F)C2)c1. The molecule has 1 fully saturated rings. The molecule has 0 aromatic heterocycles. The highest BCUT2D eigenvalue weighted by molar-refractivity contribution is 5.89. The molecule has 0 saturated carbocycles. The number of hydrogen-bond acceptors (Lipinski definition) is 3. The number of halogens is 3. The monoisotopic (exact) mass is 343 g/mol. The van der Waals surface area contributed by atoms with Crippen molar-refractivity contribution in [3.8, 4) is 0 Å². The summed E-state index contributed by atoms with van der Waals surface area (Å²) in [4.78, 5) is 26.3. The molecule has 1 aliphatic rings. The third-order valence-electron chi connectivity index (χ3n) is 3.85. The Morgan fingerprint density at radius 3 is 2.71 bits per heavy atom. The van der Waals surface area contributed by atoms with E-state index in [0.717, 1.165) is 11.3 Å². The van der Waals surface area contributed by atoms with E-state index < -0.39 is 30.5 Å². The van der Waals surface area contributed by atoms with Crippen molar-refractivity contribution >= 4 is 17.5 Å². The maximum absolute atomic E-state index is 12.4. The largest absolute Gasteiger partial charge is 0.406 e. The molecule has 0 unspecified atom stereocenters. The van der Waals surface area contributed by atoms with Crippen LogP contribution in [0.2, 0.25) is 0 Å². The summed E-state index contributed by atoms with van der Waals surface area (Å²) in [6.45, 7) is -1.23. The van der Waals surface area contributed by atoms with Crippen LogP contribution in [0.15, 0.2) is 24.3 Å². The van der Waals surface area contributed by atoms with Crippen LogP contribution >= 0.6 is 0 Å². The number of amides is 2. The molecule has 5 nitrogen and oxygen atoms in total. The lowest BCUT2D eigenvalue weighted by molar-refractivity contribution is -0.157. The van der Waals surface area contributed by atoms with Crippen LogP contribution in [0.1, 0.15) is 12.0 Å². The van der Waals surface area contributed by atoms with E-state index in [-0.39, 0.29) is 19.5 Å². The van der Waals surface area contributed by atoms with Gasteiger partial charge in [-0.3, -0.25) is 9.59 Å². The number of carbonyl (C=O) groups is 2. The van der Waals surface area contributed by atoms with Gasteiger partial charge in [-0.2, -0.15) is 13.2 Å². The third kappa shape index (κ3) is 4.87. The van der Waals surface area contributed by atoms with E-state index in [1.54, 1.807) is 0 Å². The normalized spacial score (nSPS) is 18.0. The molecule has 132 valence electrons. The predicted octanol–water partition coefficient (Wildman–Crippen LogP) is 1.78. The Kier molecular flexibility index (Phi) is 5.36. The van der Waals surface area contributed by atoms with Crippen LogP contribution in [-0.2, 0) is 16.1 Å². The molecule has 0 spiro atoms. The van der Waals surface area contributed by atoms with Gasteiger partial charge in [0.1, 0.15) is 6.54 Å². The van der Waals surface area contributed by atoms with Crippen molar-refractivity contribution in [3.05, 3.63) is 29.8 Å².